The first-order valence-electron chi connectivity index (χ1n) is 9.78. The van der Waals surface area contributed by atoms with Gasteiger partial charge in [0.2, 0.25) is 11.8 Å². The molecule has 3 atom stereocenters. The van der Waals surface area contributed by atoms with Gasteiger partial charge in [-0.1, -0.05) is 25.0 Å². The van der Waals surface area contributed by atoms with Gasteiger partial charge in [0, 0.05) is 37.2 Å². The standard InChI is InChI=1S/C20H26N4O3/c21-15-3-1-2-4-16(15)22-10-12-5-6-13-11-24(20(27)14(13)9-12)17-7-8-18(25)23-19(17)26/h5-6,9,15-17,22H,1-4,7-8,10-11,21H2,(H,23,25,26)/t15-,16+,17?/m1/s1. The van der Waals surface area contributed by atoms with E-state index in [1.165, 1.54) is 12.8 Å². The number of nitrogens with zero attached hydrogens (tertiary/aromatic N) is 1. The summed E-state index contributed by atoms with van der Waals surface area (Å²) in [5, 5.41) is 5.86. The van der Waals surface area contributed by atoms with Crippen LogP contribution in [0.1, 0.15) is 60.0 Å². The average Bonchev–Trinajstić information content (AvgIpc) is 2.97. The third-order valence-electron chi connectivity index (χ3n) is 5.98. The van der Waals surface area contributed by atoms with Crippen molar-refractivity contribution in [3.05, 3.63) is 34.9 Å². The lowest BCUT2D eigenvalue weighted by molar-refractivity contribution is -0.136. The molecule has 0 radical (unpaired) electrons. The molecule has 1 saturated heterocycles. The minimum Gasteiger partial charge on any atom is -0.326 e. The Bertz CT molecular complexity index is 778. The van der Waals surface area contributed by atoms with Crippen molar-refractivity contribution in [1.82, 2.24) is 15.5 Å². The molecule has 27 heavy (non-hydrogen) atoms. The molecule has 3 amide bonds. The maximum absolute atomic E-state index is 12.9. The third-order valence-corrected chi connectivity index (χ3v) is 5.98. The predicted molar refractivity (Wildman–Crippen MR) is 99.6 cm³/mol. The maximum Gasteiger partial charge on any atom is 0.255 e. The van der Waals surface area contributed by atoms with Crippen LogP contribution in [0.15, 0.2) is 18.2 Å². The number of imide groups is 1. The van der Waals surface area contributed by atoms with Gasteiger partial charge in [-0.15, -0.1) is 0 Å². The van der Waals surface area contributed by atoms with Crippen molar-refractivity contribution in [3.8, 4) is 0 Å². The molecule has 1 aliphatic carbocycles. The lowest BCUT2D eigenvalue weighted by atomic mass is 9.91. The average molecular weight is 370 g/mol. The summed E-state index contributed by atoms with van der Waals surface area (Å²) < 4.78 is 0. The lowest BCUT2D eigenvalue weighted by Crippen LogP contribution is -2.52. The minimum absolute atomic E-state index is 0.129. The Morgan fingerprint density at radius 3 is 2.74 bits per heavy atom. The summed E-state index contributed by atoms with van der Waals surface area (Å²) in [6.45, 7) is 1.10. The molecule has 2 fully saturated rings. The van der Waals surface area contributed by atoms with Crippen LogP contribution in [0.4, 0.5) is 0 Å². The van der Waals surface area contributed by atoms with Gasteiger partial charge in [0.15, 0.2) is 0 Å². The van der Waals surface area contributed by atoms with E-state index in [4.69, 9.17) is 5.73 Å². The number of hydrogen-bond acceptors (Lipinski definition) is 5. The Kier molecular flexibility index (Phi) is 4.97. The number of carbonyl (C=O) groups is 3. The second kappa shape index (κ2) is 7.40. The zero-order valence-corrected chi connectivity index (χ0v) is 15.4. The van der Waals surface area contributed by atoms with E-state index in [0.29, 0.717) is 31.1 Å². The molecule has 7 heteroatoms. The first-order valence-corrected chi connectivity index (χ1v) is 9.78. The Hall–Kier alpha value is -2.25. The van der Waals surface area contributed by atoms with E-state index in [-0.39, 0.29) is 30.2 Å². The monoisotopic (exact) mass is 370 g/mol. The number of piperidine rings is 1. The first kappa shape index (κ1) is 18.1. The molecule has 0 spiro atoms. The van der Waals surface area contributed by atoms with Gasteiger partial charge >= 0.3 is 0 Å². The van der Waals surface area contributed by atoms with Gasteiger partial charge in [0.25, 0.3) is 5.91 Å². The highest BCUT2D eigenvalue weighted by molar-refractivity contribution is 6.05. The van der Waals surface area contributed by atoms with Crippen LogP contribution in [0.25, 0.3) is 0 Å². The van der Waals surface area contributed by atoms with Crippen LogP contribution in [0.5, 0.6) is 0 Å². The normalized spacial score (nSPS) is 28.3. The highest BCUT2D eigenvalue weighted by Crippen LogP contribution is 2.28. The largest absolute Gasteiger partial charge is 0.326 e. The fourth-order valence-electron chi connectivity index (χ4n) is 4.37. The highest BCUT2D eigenvalue weighted by Gasteiger charge is 2.39. The van der Waals surface area contributed by atoms with Gasteiger partial charge in [-0.3, -0.25) is 19.7 Å². The van der Waals surface area contributed by atoms with E-state index in [1.54, 1.807) is 4.90 Å². The fraction of sp³-hybridized carbons (Fsp3) is 0.550. The van der Waals surface area contributed by atoms with Crippen molar-refractivity contribution in [3.63, 3.8) is 0 Å². The summed E-state index contributed by atoms with van der Waals surface area (Å²) in [5.41, 5.74) is 8.83. The fourth-order valence-corrected chi connectivity index (χ4v) is 4.37. The van der Waals surface area contributed by atoms with Gasteiger partial charge < -0.3 is 16.0 Å². The van der Waals surface area contributed by atoms with Crippen LogP contribution < -0.4 is 16.4 Å². The van der Waals surface area contributed by atoms with Crippen molar-refractivity contribution in [2.24, 2.45) is 5.73 Å². The summed E-state index contributed by atoms with van der Waals surface area (Å²) in [5.74, 6) is -0.772. The summed E-state index contributed by atoms with van der Waals surface area (Å²) in [6.07, 6.45) is 5.21. The Morgan fingerprint density at radius 1 is 1.15 bits per heavy atom. The van der Waals surface area contributed by atoms with E-state index in [1.807, 2.05) is 18.2 Å². The van der Waals surface area contributed by atoms with Gasteiger partial charge in [-0.05, 0) is 36.5 Å². The summed E-state index contributed by atoms with van der Waals surface area (Å²) >= 11 is 0. The van der Waals surface area contributed by atoms with Crippen LogP contribution in [-0.4, -0.2) is 40.7 Å². The van der Waals surface area contributed by atoms with E-state index < -0.39 is 6.04 Å². The minimum atomic E-state index is -0.565. The molecular weight excluding hydrogens is 344 g/mol. The number of hydrogen-bond donors (Lipinski definition) is 3. The first-order chi connectivity index (χ1) is 13.0. The van der Waals surface area contributed by atoms with Crippen LogP contribution >= 0.6 is 0 Å². The topological polar surface area (TPSA) is 105 Å². The second-order valence-corrected chi connectivity index (χ2v) is 7.83. The summed E-state index contributed by atoms with van der Waals surface area (Å²) in [7, 11) is 0. The quantitative estimate of drug-likeness (QED) is 0.680. The molecule has 3 aliphatic rings. The molecule has 4 N–H and O–H groups in total. The van der Waals surface area contributed by atoms with Crippen molar-refractivity contribution in [1.29, 1.82) is 0 Å². The molecule has 2 aliphatic heterocycles. The number of benzene rings is 1. The van der Waals surface area contributed by atoms with Crippen molar-refractivity contribution >= 4 is 17.7 Å². The maximum atomic E-state index is 12.9. The number of fused-ring (bicyclic) bond motifs is 1. The number of nitrogens with one attached hydrogen (secondary N) is 2. The van der Waals surface area contributed by atoms with Gasteiger partial charge in [-0.25, -0.2) is 0 Å². The number of carbonyl (C=O) groups excluding carboxylic acids is 3. The van der Waals surface area contributed by atoms with E-state index in [2.05, 4.69) is 10.6 Å². The van der Waals surface area contributed by atoms with Crippen LogP contribution in [0.2, 0.25) is 0 Å². The van der Waals surface area contributed by atoms with Crippen molar-refractivity contribution < 1.29 is 14.4 Å². The molecule has 4 rings (SSSR count). The summed E-state index contributed by atoms with van der Waals surface area (Å²) in [6, 6.07) is 5.87. The SMILES string of the molecule is N[C@@H]1CCCC[C@@H]1NCc1ccc2c(c1)C(=O)N(C1CCC(=O)NC1=O)C2. The second-order valence-electron chi connectivity index (χ2n) is 7.83. The zero-order chi connectivity index (χ0) is 19.0. The smallest absolute Gasteiger partial charge is 0.255 e. The summed E-state index contributed by atoms with van der Waals surface area (Å²) in [4.78, 5) is 37.9. The predicted octanol–water partition coefficient (Wildman–Crippen LogP) is 0.807. The molecule has 1 aromatic carbocycles. The molecule has 1 unspecified atom stereocenters. The number of amides is 3. The molecule has 1 saturated carbocycles. The van der Waals surface area contributed by atoms with E-state index >= 15 is 0 Å². The highest BCUT2D eigenvalue weighted by atomic mass is 16.2. The molecule has 2 heterocycles. The van der Waals surface area contributed by atoms with Crippen molar-refractivity contribution in [2.45, 2.75) is 69.7 Å². The van der Waals surface area contributed by atoms with Gasteiger partial charge in [0.1, 0.15) is 6.04 Å². The molecule has 144 valence electrons. The molecular formula is C20H26N4O3. The van der Waals surface area contributed by atoms with Crippen LogP contribution in [-0.2, 0) is 22.7 Å². The number of rotatable bonds is 4. The van der Waals surface area contributed by atoms with E-state index in [9.17, 15) is 14.4 Å². The molecule has 7 nitrogen and oxygen atoms in total. The van der Waals surface area contributed by atoms with Crippen LogP contribution in [0, 0.1) is 0 Å². The van der Waals surface area contributed by atoms with Crippen LogP contribution in [0.3, 0.4) is 0 Å². The van der Waals surface area contributed by atoms with Gasteiger partial charge in [0.05, 0.1) is 0 Å². The number of nitrogens with two attached hydrogens (primary N) is 1. The third kappa shape index (κ3) is 3.61. The Labute approximate surface area is 158 Å². The van der Waals surface area contributed by atoms with Crippen molar-refractivity contribution in [2.75, 3.05) is 0 Å². The lowest BCUT2D eigenvalue weighted by Gasteiger charge is -2.29. The Morgan fingerprint density at radius 2 is 1.96 bits per heavy atom. The molecule has 0 aromatic heterocycles. The van der Waals surface area contributed by atoms with E-state index in [0.717, 1.165) is 24.0 Å². The molecule has 1 aromatic rings. The molecule has 0 bridgehead atoms. The van der Waals surface area contributed by atoms with Gasteiger partial charge in [-0.2, -0.15) is 0 Å². The zero-order valence-electron chi connectivity index (χ0n) is 15.4. The Balaban J connectivity index is 1.43.